The van der Waals surface area contributed by atoms with Gasteiger partial charge in [0.15, 0.2) is 18.1 Å². The number of hydrogen-bond acceptors (Lipinski definition) is 5. The van der Waals surface area contributed by atoms with Crippen molar-refractivity contribution in [2.45, 2.75) is 6.92 Å². The smallest absolute Gasteiger partial charge is 0.265 e. The molecule has 138 valence electrons. The van der Waals surface area contributed by atoms with Crippen molar-refractivity contribution in [2.24, 2.45) is 12.2 Å². The molecule has 2 heterocycles. The van der Waals surface area contributed by atoms with Crippen LogP contribution in [0.15, 0.2) is 53.8 Å². The van der Waals surface area contributed by atoms with Crippen molar-refractivity contribution in [1.29, 1.82) is 0 Å². The van der Waals surface area contributed by atoms with Gasteiger partial charge in [-0.1, -0.05) is 11.2 Å². The van der Waals surface area contributed by atoms with Crippen molar-refractivity contribution in [1.82, 2.24) is 4.57 Å². The Bertz CT molecular complexity index is 1040. The van der Waals surface area contributed by atoms with Gasteiger partial charge in [-0.3, -0.25) is 4.79 Å². The molecule has 1 N–H and O–H groups in total. The number of rotatable bonds is 5. The van der Waals surface area contributed by atoms with E-state index in [1.807, 2.05) is 60.3 Å². The predicted molar refractivity (Wildman–Crippen MR) is 102 cm³/mol. The monoisotopic (exact) mass is 365 g/mol. The third kappa shape index (κ3) is 3.44. The number of carbonyl (C=O) groups excluding carboxylic acids is 1. The number of carbonyl (C=O) groups is 1. The minimum Gasteiger partial charge on any atom is -0.454 e. The molecule has 0 atom stereocenters. The lowest BCUT2D eigenvalue weighted by atomic mass is 10.1. The molecule has 0 bridgehead atoms. The van der Waals surface area contributed by atoms with Crippen molar-refractivity contribution >= 4 is 28.2 Å². The average Bonchev–Trinajstić information content (AvgIpc) is 3.28. The first-order valence-electron chi connectivity index (χ1n) is 8.52. The van der Waals surface area contributed by atoms with E-state index in [1.54, 1.807) is 6.92 Å². The van der Waals surface area contributed by atoms with Crippen LogP contribution in [0.2, 0.25) is 0 Å². The number of anilines is 1. The maximum atomic E-state index is 12.2. The van der Waals surface area contributed by atoms with Gasteiger partial charge >= 0.3 is 0 Å². The zero-order valence-corrected chi connectivity index (χ0v) is 15.1. The molecule has 0 saturated carbocycles. The van der Waals surface area contributed by atoms with Crippen molar-refractivity contribution < 1.29 is 19.1 Å². The highest BCUT2D eigenvalue weighted by molar-refractivity contribution is 6.02. The van der Waals surface area contributed by atoms with Crippen molar-refractivity contribution in [3.8, 4) is 11.5 Å². The van der Waals surface area contributed by atoms with E-state index in [0.717, 1.165) is 22.2 Å². The number of nitrogens with one attached hydrogen (secondary N) is 1. The molecular formula is C20H19N3O4. The fourth-order valence-electron chi connectivity index (χ4n) is 2.96. The summed E-state index contributed by atoms with van der Waals surface area (Å²) in [7, 11) is 1.96. The first-order valence-corrected chi connectivity index (χ1v) is 8.52. The quantitative estimate of drug-likeness (QED) is 0.556. The van der Waals surface area contributed by atoms with Gasteiger partial charge in [0, 0.05) is 29.7 Å². The number of fused-ring (bicyclic) bond motifs is 2. The highest BCUT2D eigenvalue weighted by Crippen LogP contribution is 2.32. The molecule has 0 saturated heterocycles. The van der Waals surface area contributed by atoms with E-state index in [2.05, 4.69) is 10.5 Å². The topological polar surface area (TPSA) is 74.1 Å². The zero-order chi connectivity index (χ0) is 18.8. The summed E-state index contributed by atoms with van der Waals surface area (Å²) in [5, 5.41) is 7.87. The van der Waals surface area contributed by atoms with E-state index >= 15 is 0 Å². The molecule has 4 rings (SSSR count). The third-order valence-corrected chi connectivity index (χ3v) is 4.39. The standard InChI is InChI=1S/C20H19N3O4/c1-13(14-6-7-18-19(10-14)26-12-25-18)22-27-11-20(24)21-16-4-3-5-17-15(16)8-9-23(17)2/h3-10H,11-12H2,1-2H3,(H,21,24)/b22-13-. The Morgan fingerprint density at radius 1 is 1.22 bits per heavy atom. The van der Waals surface area contributed by atoms with Gasteiger partial charge in [-0.25, -0.2) is 0 Å². The molecule has 0 aliphatic carbocycles. The van der Waals surface area contributed by atoms with E-state index < -0.39 is 0 Å². The van der Waals surface area contributed by atoms with Crippen molar-refractivity contribution in [3.05, 3.63) is 54.2 Å². The highest BCUT2D eigenvalue weighted by atomic mass is 16.7. The molecule has 7 nitrogen and oxygen atoms in total. The fourth-order valence-corrected chi connectivity index (χ4v) is 2.96. The third-order valence-electron chi connectivity index (χ3n) is 4.39. The van der Waals surface area contributed by atoms with Gasteiger partial charge in [-0.15, -0.1) is 0 Å². The molecule has 0 spiro atoms. The first kappa shape index (κ1) is 17.0. The lowest BCUT2D eigenvalue weighted by Crippen LogP contribution is -2.17. The minimum atomic E-state index is -0.270. The van der Waals surface area contributed by atoms with Gasteiger partial charge in [0.25, 0.3) is 5.91 Å². The molecular weight excluding hydrogens is 346 g/mol. The predicted octanol–water partition coefficient (Wildman–Crippen LogP) is 3.29. The summed E-state index contributed by atoms with van der Waals surface area (Å²) in [6.45, 7) is 1.85. The Labute approximate surface area is 156 Å². The summed E-state index contributed by atoms with van der Waals surface area (Å²) in [6, 6.07) is 13.3. The summed E-state index contributed by atoms with van der Waals surface area (Å²) < 4.78 is 12.6. The van der Waals surface area contributed by atoms with Crippen LogP contribution in [0.25, 0.3) is 10.9 Å². The molecule has 3 aromatic rings. The lowest BCUT2D eigenvalue weighted by Gasteiger charge is -2.07. The van der Waals surface area contributed by atoms with Gasteiger partial charge in [0.05, 0.1) is 11.4 Å². The van der Waals surface area contributed by atoms with Crippen LogP contribution >= 0.6 is 0 Å². The van der Waals surface area contributed by atoms with E-state index in [0.29, 0.717) is 17.2 Å². The number of oxime groups is 1. The maximum absolute atomic E-state index is 12.2. The van der Waals surface area contributed by atoms with Crippen LogP contribution < -0.4 is 14.8 Å². The SMILES string of the molecule is C/C(=N/OCC(=O)Nc1cccc2c1ccn2C)c1ccc2c(c1)OCO2. The van der Waals surface area contributed by atoms with E-state index in [-0.39, 0.29) is 19.3 Å². The molecule has 1 aliphatic heterocycles. The van der Waals surface area contributed by atoms with E-state index in [4.69, 9.17) is 14.3 Å². The number of benzene rings is 2. The summed E-state index contributed by atoms with van der Waals surface area (Å²) in [6.07, 6.45) is 1.95. The molecule has 0 radical (unpaired) electrons. The second-order valence-corrected chi connectivity index (χ2v) is 6.23. The van der Waals surface area contributed by atoms with E-state index in [1.165, 1.54) is 0 Å². The first-order chi connectivity index (χ1) is 13.1. The molecule has 1 amide bonds. The number of aromatic nitrogens is 1. The maximum Gasteiger partial charge on any atom is 0.265 e. The van der Waals surface area contributed by atoms with Gasteiger partial charge in [0.2, 0.25) is 6.79 Å². The van der Waals surface area contributed by atoms with Crippen LogP contribution in [0.3, 0.4) is 0 Å². The Balaban J connectivity index is 1.38. The molecule has 1 aliphatic rings. The summed E-state index contributed by atoms with van der Waals surface area (Å²) in [4.78, 5) is 17.4. The number of ether oxygens (including phenoxy) is 2. The minimum absolute atomic E-state index is 0.175. The van der Waals surface area contributed by atoms with Crippen LogP contribution in [-0.2, 0) is 16.7 Å². The second-order valence-electron chi connectivity index (χ2n) is 6.23. The Morgan fingerprint density at radius 2 is 2.07 bits per heavy atom. The summed E-state index contributed by atoms with van der Waals surface area (Å²) >= 11 is 0. The fraction of sp³-hybridized carbons (Fsp3) is 0.200. The van der Waals surface area contributed by atoms with Crippen molar-refractivity contribution in [2.75, 3.05) is 18.7 Å². The normalized spacial score (nSPS) is 13.0. The Hall–Kier alpha value is -3.48. The Morgan fingerprint density at radius 3 is 2.96 bits per heavy atom. The van der Waals surface area contributed by atoms with Crippen LogP contribution in [0.1, 0.15) is 12.5 Å². The molecule has 0 fully saturated rings. The Kier molecular flexibility index (Phi) is 4.42. The van der Waals surface area contributed by atoms with Crippen LogP contribution in [0.5, 0.6) is 11.5 Å². The number of aryl methyl sites for hydroxylation is 1. The zero-order valence-electron chi connectivity index (χ0n) is 15.1. The summed E-state index contributed by atoms with van der Waals surface area (Å²) in [5.41, 5.74) is 3.28. The van der Waals surface area contributed by atoms with Gasteiger partial charge < -0.3 is 24.2 Å². The molecule has 27 heavy (non-hydrogen) atoms. The molecule has 0 unspecified atom stereocenters. The van der Waals surface area contributed by atoms with Gasteiger partial charge in [0.1, 0.15) is 0 Å². The van der Waals surface area contributed by atoms with Crippen LogP contribution in [0.4, 0.5) is 5.69 Å². The molecule has 1 aromatic heterocycles. The highest BCUT2D eigenvalue weighted by Gasteiger charge is 2.14. The molecule has 7 heteroatoms. The number of amides is 1. The number of nitrogens with zero attached hydrogens (tertiary/aromatic N) is 2. The lowest BCUT2D eigenvalue weighted by molar-refractivity contribution is -0.120. The second kappa shape index (κ2) is 7.03. The largest absolute Gasteiger partial charge is 0.454 e. The molecule has 2 aromatic carbocycles. The summed E-state index contributed by atoms with van der Waals surface area (Å²) in [5.74, 6) is 1.12. The number of hydrogen-bond donors (Lipinski definition) is 1. The van der Waals surface area contributed by atoms with Gasteiger partial charge in [-0.2, -0.15) is 0 Å². The van der Waals surface area contributed by atoms with Crippen LogP contribution in [0, 0.1) is 0 Å². The van der Waals surface area contributed by atoms with Gasteiger partial charge in [-0.05, 0) is 43.3 Å². The average molecular weight is 365 g/mol. The van der Waals surface area contributed by atoms with E-state index in [9.17, 15) is 4.79 Å². The van der Waals surface area contributed by atoms with Crippen LogP contribution in [-0.4, -0.2) is 29.6 Å². The van der Waals surface area contributed by atoms with Crippen molar-refractivity contribution in [3.63, 3.8) is 0 Å².